The second-order valence-corrected chi connectivity index (χ2v) is 7.25. The van der Waals surface area contributed by atoms with Gasteiger partial charge in [-0.3, -0.25) is 0 Å². The summed E-state index contributed by atoms with van der Waals surface area (Å²) in [5.74, 6) is 2.26. The van der Waals surface area contributed by atoms with Gasteiger partial charge in [-0.05, 0) is 57.3 Å². The van der Waals surface area contributed by atoms with Gasteiger partial charge in [0.25, 0.3) is 0 Å². The zero-order valence-electron chi connectivity index (χ0n) is 12.4. The number of allylic oxidation sites excluding steroid dienone is 2. The van der Waals surface area contributed by atoms with Crippen LogP contribution in [0.25, 0.3) is 0 Å². The molecule has 2 fully saturated rings. The quantitative estimate of drug-likeness (QED) is 0.731. The minimum absolute atomic E-state index is 0.0691. The van der Waals surface area contributed by atoms with E-state index in [0.717, 1.165) is 49.9 Å². The Hall–Kier alpha value is -0.410. The largest absolute Gasteiger partial charge is 0.496 e. The Morgan fingerprint density at radius 1 is 1.30 bits per heavy atom. The molecular weight excluding hydrogens is 274 g/mol. The van der Waals surface area contributed by atoms with Gasteiger partial charge < -0.3 is 15.2 Å². The first-order valence-electron chi connectivity index (χ1n) is 8.01. The molecule has 0 heterocycles. The molecule has 3 aliphatic carbocycles. The maximum atomic E-state index is 6.41. The normalized spacial score (nSPS) is 32.3. The number of nitrogens with two attached hydrogens (primary N) is 1. The monoisotopic (exact) mass is 299 g/mol. The van der Waals surface area contributed by atoms with Gasteiger partial charge in [-0.2, -0.15) is 0 Å². The highest BCUT2D eigenvalue weighted by molar-refractivity contribution is 6.22. The van der Waals surface area contributed by atoms with Crippen molar-refractivity contribution in [3.05, 3.63) is 11.5 Å². The van der Waals surface area contributed by atoms with Gasteiger partial charge in [0.05, 0.1) is 23.3 Å². The fourth-order valence-electron chi connectivity index (χ4n) is 3.24. The van der Waals surface area contributed by atoms with Gasteiger partial charge in [0, 0.05) is 13.0 Å². The lowest BCUT2D eigenvalue weighted by Crippen LogP contribution is -2.29. The highest BCUT2D eigenvalue weighted by Gasteiger charge is 2.46. The number of ether oxygens (including phenoxy) is 2. The van der Waals surface area contributed by atoms with Crippen LogP contribution in [0.1, 0.15) is 51.9 Å². The minimum atomic E-state index is -0.0691. The van der Waals surface area contributed by atoms with E-state index in [2.05, 4.69) is 6.92 Å². The molecular formula is C16H26ClNO2. The highest BCUT2D eigenvalue weighted by Crippen LogP contribution is 2.48. The lowest BCUT2D eigenvalue weighted by molar-refractivity contribution is 0.0193. The SMILES string of the molecule is CCOC1(CC2CC(OCC3CC3)=C(N)C(Cl)C2)CC1. The van der Waals surface area contributed by atoms with Gasteiger partial charge >= 0.3 is 0 Å². The summed E-state index contributed by atoms with van der Waals surface area (Å²) in [6.07, 6.45) is 8.00. The van der Waals surface area contributed by atoms with E-state index < -0.39 is 0 Å². The predicted octanol–water partition coefficient (Wildman–Crippen LogP) is 3.56. The molecule has 2 saturated carbocycles. The second kappa shape index (κ2) is 5.76. The van der Waals surface area contributed by atoms with Gasteiger partial charge in [-0.25, -0.2) is 0 Å². The molecule has 20 heavy (non-hydrogen) atoms. The van der Waals surface area contributed by atoms with Gasteiger partial charge in [0.15, 0.2) is 0 Å². The van der Waals surface area contributed by atoms with Crippen LogP contribution in [0.3, 0.4) is 0 Å². The Bertz CT molecular complexity index is 388. The molecule has 4 heteroatoms. The molecule has 3 nitrogen and oxygen atoms in total. The number of hydrogen-bond acceptors (Lipinski definition) is 3. The summed E-state index contributed by atoms with van der Waals surface area (Å²) < 4.78 is 11.9. The number of hydrogen-bond donors (Lipinski definition) is 1. The Labute approximate surface area is 126 Å². The highest BCUT2D eigenvalue weighted by atomic mass is 35.5. The van der Waals surface area contributed by atoms with Gasteiger partial charge in [-0.1, -0.05) is 0 Å². The van der Waals surface area contributed by atoms with E-state index in [1.165, 1.54) is 25.7 Å². The molecule has 3 aliphatic rings. The van der Waals surface area contributed by atoms with Crippen molar-refractivity contribution in [3.8, 4) is 0 Å². The van der Waals surface area contributed by atoms with Crippen LogP contribution >= 0.6 is 11.6 Å². The fraction of sp³-hybridized carbons (Fsp3) is 0.875. The van der Waals surface area contributed by atoms with Crippen LogP contribution in [0.2, 0.25) is 0 Å². The van der Waals surface area contributed by atoms with E-state index in [9.17, 15) is 0 Å². The van der Waals surface area contributed by atoms with Crippen LogP contribution in [-0.2, 0) is 9.47 Å². The zero-order chi connectivity index (χ0) is 14.2. The summed E-state index contributed by atoms with van der Waals surface area (Å²) in [6, 6.07) is 0. The van der Waals surface area contributed by atoms with Crippen molar-refractivity contribution >= 4 is 11.6 Å². The average Bonchev–Trinajstić information content (AvgIpc) is 3.29. The maximum absolute atomic E-state index is 6.41. The Balaban J connectivity index is 1.57. The molecule has 0 aromatic heterocycles. The molecule has 114 valence electrons. The van der Waals surface area contributed by atoms with Gasteiger partial charge in [-0.15, -0.1) is 11.6 Å². The molecule has 0 saturated heterocycles. The molecule has 2 N–H and O–H groups in total. The van der Waals surface area contributed by atoms with Gasteiger partial charge in [0.1, 0.15) is 5.76 Å². The molecule has 0 bridgehead atoms. The molecule has 0 spiro atoms. The summed E-state index contributed by atoms with van der Waals surface area (Å²) >= 11 is 6.41. The van der Waals surface area contributed by atoms with Crippen molar-refractivity contribution in [2.24, 2.45) is 17.6 Å². The second-order valence-electron chi connectivity index (χ2n) is 6.73. The van der Waals surface area contributed by atoms with Crippen LogP contribution in [0.4, 0.5) is 0 Å². The third-order valence-corrected chi connectivity index (χ3v) is 5.20. The van der Waals surface area contributed by atoms with E-state index in [0.29, 0.717) is 5.92 Å². The molecule has 3 rings (SSSR count). The molecule has 0 radical (unpaired) electrons. The van der Waals surface area contributed by atoms with E-state index in [4.69, 9.17) is 26.8 Å². The standard InChI is InChI=1S/C16H26ClNO2/c1-2-20-16(5-6-16)9-12-7-13(17)15(18)14(8-12)19-10-11-3-4-11/h11-13H,2-10,18H2,1H3. The van der Waals surface area contributed by atoms with Crippen molar-refractivity contribution in [1.29, 1.82) is 0 Å². The fourth-order valence-corrected chi connectivity index (χ4v) is 3.61. The van der Waals surface area contributed by atoms with E-state index >= 15 is 0 Å². The van der Waals surface area contributed by atoms with Crippen molar-refractivity contribution in [2.45, 2.75) is 62.8 Å². The number of alkyl halides is 1. The third kappa shape index (κ3) is 3.43. The Morgan fingerprint density at radius 2 is 2.05 bits per heavy atom. The lowest BCUT2D eigenvalue weighted by atomic mass is 9.85. The van der Waals surface area contributed by atoms with Crippen molar-refractivity contribution < 1.29 is 9.47 Å². The molecule has 0 amide bonds. The summed E-state index contributed by atoms with van der Waals surface area (Å²) in [6.45, 7) is 3.70. The van der Waals surface area contributed by atoms with Crippen LogP contribution in [0.15, 0.2) is 11.5 Å². The zero-order valence-corrected chi connectivity index (χ0v) is 13.1. The number of halogens is 1. The van der Waals surface area contributed by atoms with E-state index in [-0.39, 0.29) is 11.0 Å². The lowest BCUT2D eigenvalue weighted by Gasteiger charge is -2.31. The molecule has 2 unspecified atom stereocenters. The minimum Gasteiger partial charge on any atom is -0.496 e. The van der Waals surface area contributed by atoms with Crippen molar-refractivity contribution in [1.82, 2.24) is 0 Å². The average molecular weight is 300 g/mol. The third-order valence-electron chi connectivity index (χ3n) is 4.78. The van der Waals surface area contributed by atoms with Crippen LogP contribution in [0, 0.1) is 11.8 Å². The van der Waals surface area contributed by atoms with Crippen molar-refractivity contribution in [3.63, 3.8) is 0 Å². The predicted molar refractivity (Wildman–Crippen MR) is 80.5 cm³/mol. The Morgan fingerprint density at radius 3 is 2.65 bits per heavy atom. The van der Waals surface area contributed by atoms with E-state index in [1.54, 1.807) is 0 Å². The summed E-state index contributed by atoms with van der Waals surface area (Å²) in [5.41, 5.74) is 7.03. The first kappa shape index (κ1) is 14.5. The Kier molecular flexibility index (Phi) is 4.19. The summed E-state index contributed by atoms with van der Waals surface area (Å²) in [5, 5.41) is -0.0691. The molecule has 0 aromatic rings. The molecule has 2 atom stereocenters. The molecule has 0 aliphatic heterocycles. The van der Waals surface area contributed by atoms with Crippen molar-refractivity contribution in [2.75, 3.05) is 13.2 Å². The van der Waals surface area contributed by atoms with E-state index in [1.807, 2.05) is 0 Å². The topological polar surface area (TPSA) is 44.5 Å². The summed E-state index contributed by atoms with van der Waals surface area (Å²) in [7, 11) is 0. The van der Waals surface area contributed by atoms with Crippen LogP contribution in [0.5, 0.6) is 0 Å². The first-order chi connectivity index (χ1) is 9.62. The van der Waals surface area contributed by atoms with Gasteiger partial charge in [0.2, 0.25) is 0 Å². The smallest absolute Gasteiger partial charge is 0.116 e. The van der Waals surface area contributed by atoms with Crippen LogP contribution < -0.4 is 5.73 Å². The van der Waals surface area contributed by atoms with Crippen LogP contribution in [-0.4, -0.2) is 24.2 Å². The summed E-state index contributed by atoms with van der Waals surface area (Å²) in [4.78, 5) is 0. The number of rotatable bonds is 7. The maximum Gasteiger partial charge on any atom is 0.116 e. The first-order valence-corrected chi connectivity index (χ1v) is 8.45. The molecule has 0 aromatic carbocycles.